The van der Waals surface area contributed by atoms with Crippen LogP contribution in [-0.4, -0.2) is 63.9 Å². The van der Waals surface area contributed by atoms with E-state index in [0.717, 1.165) is 25.0 Å². The number of nitrogens with one attached hydrogen (secondary N) is 3. The van der Waals surface area contributed by atoms with E-state index in [2.05, 4.69) is 41.7 Å². The van der Waals surface area contributed by atoms with Gasteiger partial charge in [0.05, 0.1) is 12.1 Å². The Balaban J connectivity index is 1.67. The largest absolute Gasteiger partial charge is 0.351 e. The number of carbonyl (C=O) groups is 3. The molecule has 1 saturated heterocycles. The predicted molar refractivity (Wildman–Crippen MR) is 132 cm³/mol. The van der Waals surface area contributed by atoms with Crippen LogP contribution in [0.2, 0.25) is 0 Å². The molecule has 8 nitrogen and oxygen atoms in total. The van der Waals surface area contributed by atoms with Gasteiger partial charge in [-0.3, -0.25) is 14.4 Å². The van der Waals surface area contributed by atoms with Crippen molar-refractivity contribution in [3.05, 3.63) is 29.6 Å². The molecule has 0 radical (unpaired) electrons. The Bertz CT molecular complexity index is 918. The molecule has 1 aliphatic heterocycles. The molecule has 0 bridgehead atoms. The average molecular weight is 472 g/mol. The van der Waals surface area contributed by atoms with Crippen LogP contribution in [0.4, 0.5) is 0 Å². The number of nitrogens with zero attached hydrogens (tertiary/aromatic N) is 2. The number of likely N-dealkylation sites (tertiary alicyclic amines) is 1. The van der Waals surface area contributed by atoms with Crippen molar-refractivity contribution in [3.63, 3.8) is 0 Å². The van der Waals surface area contributed by atoms with Crippen LogP contribution in [-0.2, 0) is 15.0 Å². The molecule has 1 saturated carbocycles. The minimum Gasteiger partial charge on any atom is -0.351 e. The molecule has 0 aromatic carbocycles. The highest BCUT2D eigenvalue weighted by molar-refractivity contribution is 5.96. The zero-order valence-electron chi connectivity index (χ0n) is 21.7. The van der Waals surface area contributed by atoms with E-state index in [9.17, 15) is 14.4 Å². The highest BCUT2D eigenvalue weighted by Gasteiger charge is 2.43. The van der Waals surface area contributed by atoms with Gasteiger partial charge in [-0.2, -0.15) is 0 Å². The van der Waals surface area contributed by atoms with Gasteiger partial charge < -0.3 is 20.9 Å². The zero-order chi connectivity index (χ0) is 25.3. The summed E-state index contributed by atoms with van der Waals surface area (Å²) >= 11 is 0. The van der Waals surface area contributed by atoms with Gasteiger partial charge in [-0.05, 0) is 58.6 Å². The topological polar surface area (TPSA) is 103 Å². The Morgan fingerprint density at radius 3 is 2.35 bits per heavy atom. The molecule has 0 spiro atoms. The van der Waals surface area contributed by atoms with E-state index in [1.807, 2.05) is 37.8 Å². The predicted octanol–water partition coefficient (Wildman–Crippen LogP) is 2.52. The summed E-state index contributed by atoms with van der Waals surface area (Å²) in [7, 11) is 0. The fourth-order valence-corrected chi connectivity index (χ4v) is 5.06. The number of carbonyl (C=O) groups excluding carboxylic acids is 3. The first-order valence-corrected chi connectivity index (χ1v) is 12.4. The minimum atomic E-state index is -0.573. The quantitative estimate of drug-likeness (QED) is 0.612. The Morgan fingerprint density at radius 2 is 1.74 bits per heavy atom. The van der Waals surface area contributed by atoms with Gasteiger partial charge in [0.25, 0.3) is 5.91 Å². The second kappa shape index (κ2) is 10.0. The molecule has 8 heteroatoms. The number of hydrogen-bond donors (Lipinski definition) is 3. The van der Waals surface area contributed by atoms with Crippen LogP contribution in [0.3, 0.4) is 0 Å². The van der Waals surface area contributed by atoms with E-state index in [4.69, 9.17) is 0 Å². The van der Waals surface area contributed by atoms with Crippen molar-refractivity contribution in [2.24, 2.45) is 0 Å². The molecule has 2 heterocycles. The van der Waals surface area contributed by atoms with Crippen LogP contribution in [0.15, 0.2) is 18.2 Å². The first kappa shape index (κ1) is 26.1. The van der Waals surface area contributed by atoms with Crippen molar-refractivity contribution in [1.82, 2.24) is 25.8 Å². The number of amides is 3. The SMILES string of the molecule is CC(=O)N[C@@H]1C[C@H](NC(C)(C)C)CC[C@@H]1N1CC[C@H](NC(=O)c2cccc(C(C)(C)C)n2)C1=O. The molecule has 2 fully saturated rings. The van der Waals surface area contributed by atoms with Crippen LogP contribution >= 0.6 is 0 Å². The van der Waals surface area contributed by atoms with Crippen molar-refractivity contribution in [3.8, 4) is 0 Å². The fraction of sp³-hybridized carbons (Fsp3) is 0.692. The summed E-state index contributed by atoms with van der Waals surface area (Å²) in [5.74, 6) is -0.501. The minimum absolute atomic E-state index is 0.0184. The molecule has 34 heavy (non-hydrogen) atoms. The Morgan fingerprint density at radius 1 is 1.03 bits per heavy atom. The normalized spacial score (nSPS) is 25.9. The lowest BCUT2D eigenvalue weighted by Gasteiger charge is -2.43. The van der Waals surface area contributed by atoms with Gasteiger partial charge in [-0.25, -0.2) is 4.98 Å². The lowest BCUT2D eigenvalue weighted by Crippen LogP contribution is -2.59. The molecule has 0 unspecified atom stereocenters. The molecule has 3 amide bonds. The maximum Gasteiger partial charge on any atom is 0.270 e. The van der Waals surface area contributed by atoms with Gasteiger partial charge in [0.2, 0.25) is 11.8 Å². The summed E-state index contributed by atoms with van der Waals surface area (Å²) in [6, 6.07) is 4.93. The molecule has 188 valence electrons. The van der Waals surface area contributed by atoms with E-state index >= 15 is 0 Å². The molecule has 1 aromatic heterocycles. The van der Waals surface area contributed by atoms with Crippen LogP contribution in [0.25, 0.3) is 0 Å². The van der Waals surface area contributed by atoms with Crippen LogP contribution < -0.4 is 16.0 Å². The standard InChI is InChI=1S/C26H41N5O3/c1-16(32)27-20-15-17(30-26(5,6)7)11-12-21(20)31-14-13-19(24(31)34)29-23(33)18-9-8-10-22(28-18)25(2,3)4/h8-10,17,19-21,30H,11-15H2,1-7H3,(H,27,32)(H,29,33)/t17-,19+,20-,21+/m1/s1. The van der Waals surface area contributed by atoms with E-state index in [-0.39, 0.29) is 46.8 Å². The Kier molecular flexibility index (Phi) is 7.70. The molecule has 1 aliphatic carbocycles. The van der Waals surface area contributed by atoms with Crippen LogP contribution in [0, 0.1) is 0 Å². The summed E-state index contributed by atoms with van der Waals surface area (Å²) < 4.78 is 0. The van der Waals surface area contributed by atoms with Crippen molar-refractivity contribution in [2.75, 3.05) is 6.54 Å². The lowest BCUT2D eigenvalue weighted by molar-refractivity contribution is -0.133. The third kappa shape index (κ3) is 6.56. The van der Waals surface area contributed by atoms with Gasteiger partial charge in [-0.15, -0.1) is 0 Å². The fourth-order valence-electron chi connectivity index (χ4n) is 5.06. The average Bonchev–Trinajstić information content (AvgIpc) is 3.06. The summed E-state index contributed by atoms with van der Waals surface area (Å²) in [4.78, 5) is 44.5. The molecular weight excluding hydrogens is 430 g/mol. The van der Waals surface area contributed by atoms with Crippen molar-refractivity contribution >= 4 is 17.7 Å². The van der Waals surface area contributed by atoms with E-state index in [1.54, 1.807) is 6.07 Å². The van der Waals surface area contributed by atoms with E-state index in [1.165, 1.54) is 6.92 Å². The third-order valence-electron chi connectivity index (χ3n) is 6.54. The van der Waals surface area contributed by atoms with E-state index in [0.29, 0.717) is 18.7 Å². The van der Waals surface area contributed by atoms with Gasteiger partial charge >= 0.3 is 0 Å². The van der Waals surface area contributed by atoms with Crippen LogP contribution in [0.1, 0.15) is 90.3 Å². The van der Waals surface area contributed by atoms with Crippen molar-refractivity contribution in [2.45, 2.75) is 109 Å². The molecule has 4 atom stereocenters. The zero-order valence-corrected chi connectivity index (χ0v) is 21.7. The molecule has 2 aliphatic rings. The van der Waals surface area contributed by atoms with Crippen molar-refractivity contribution < 1.29 is 14.4 Å². The highest BCUT2D eigenvalue weighted by Crippen LogP contribution is 2.29. The van der Waals surface area contributed by atoms with Crippen molar-refractivity contribution in [1.29, 1.82) is 0 Å². The smallest absolute Gasteiger partial charge is 0.270 e. The van der Waals surface area contributed by atoms with E-state index < -0.39 is 6.04 Å². The Hall–Kier alpha value is -2.48. The number of rotatable bonds is 5. The Labute approximate surface area is 203 Å². The van der Waals surface area contributed by atoms with Crippen LogP contribution in [0.5, 0.6) is 0 Å². The first-order valence-electron chi connectivity index (χ1n) is 12.4. The maximum atomic E-state index is 13.3. The molecular formula is C26H41N5O3. The second-order valence-corrected chi connectivity index (χ2v) is 11.8. The number of aromatic nitrogens is 1. The van der Waals surface area contributed by atoms with Gasteiger partial charge in [0.15, 0.2) is 0 Å². The number of hydrogen-bond acceptors (Lipinski definition) is 5. The molecule has 1 aromatic rings. The van der Waals surface area contributed by atoms with Gasteiger partial charge in [0, 0.05) is 36.2 Å². The second-order valence-electron chi connectivity index (χ2n) is 11.8. The summed E-state index contributed by atoms with van der Waals surface area (Å²) in [6.07, 6.45) is 3.06. The lowest BCUT2D eigenvalue weighted by atomic mass is 9.84. The summed E-state index contributed by atoms with van der Waals surface area (Å²) in [5.41, 5.74) is 0.965. The third-order valence-corrected chi connectivity index (χ3v) is 6.54. The highest BCUT2D eigenvalue weighted by atomic mass is 16.2. The summed E-state index contributed by atoms with van der Waals surface area (Å²) in [6.45, 7) is 14.6. The monoisotopic (exact) mass is 471 g/mol. The maximum absolute atomic E-state index is 13.3. The summed E-state index contributed by atoms with van der Waals surface area (Å²) in [5, 5.41) is 9.61. The van der Waals surface area contributed by atoms with Gasteiger partial charge in [-0.1, -0.05) is 26.8 Å². The molecule has 3 N–H and O–H groups in total. The molecule has 3 rings (SSSR count). The first-order chi connectivity index (χ1) is 15.7. The number of pyridine rings is 1. The van der Waals surface area contributed by atoms with Gasteiger partial charge in [0.1, 0.15) is 11.7 Å².